The van der Waals surface area contributed by atoms with Crippen molar-refractivity contribution in [1.29, 1.82) is 0 Å². The fraction of sp³-hybridized carbons (Fsp3) is 0.455. The highest BCUT2D eigenvalue weighted by Crippen LogP contribution is 2.32. The number of benzene rings is 1. The fourth-order valence-electron chi connectivity index (χ4n) is 4.26. The quantitative estimate of drug-likeness (QED) is 0.814. The van der Waals surface area contributed by atoms with Crippen molar-refractivity contribution in [3.8, 4) is 0 Å². The Morgan fingerprint density at radius 1 is 1.07 bits per heavy atom. The molecule has 2 aliphatic rings. The predicted octanol–water partition coefficient (Wildman–Crippen LogP) is 2.06. The van der Waals surface area contributed by atoms with Gasteiger partial charge in [0.2, 0.25) is 5.56 Å². The topological polar surface area (TPSA) is 54.8 Å². The van der Waals surface area contributed by atoms with Crippen LogP contribution in [-0.4, -0.2) is 59.2 Å². The van der Waals surface area contributed by atoms with Gasteiger partial charge < -0.3 is 19.1 Å². The summed E-state index contributed by atoms with van der Waals surface area (Å²) in [7, 11) is 1.67. The second-order valence-electron chi connectivity index (χ2n) is 7.64. The average Bonchev–Trinajstić information content (AvgIpc) is 3.23. The molecule has 6 nitrogen and oxygen atoms in total. The molecule has 0 spiro atoms. The van der Waals surface area contributed by atoms with E-state index in [0.29, 0.717) is 18.7 Å². The van der Waals surface area contributed by atoms with E-state index >= 15 is 0 Å². The number of hydrogen-bond acceptors (Lipinski definition) is 4. The Hall–Kier alpha value is -2.44. The van der Waals surface area contributed by atoms with Crippen LogP contribution in [0.15, 0.2) is 53.5 Å². The Labute approximate surface area is 165 Å². The molecule has 1 aromatic carbocycles. The van der Waals surface area contributed by atoms with Gasteiger partial charge in [0.1, 0.15) is 0 Å². The van der Waals surface area contributed by atoms with Crippen LogP contribution in [0.1, 0.15) is 34.8 Å². The summed E-state index contributed by atoms with van der Waals surface area (Å²) in [5.41, 5.74) is 1.50. The average molecular weight is 381 g/mol. The molecule has 3 heterocycles. The van der Waals surface area contributed by atoms with Crippen molar-refractivity contribution < 1.29 is 9.53 Å². The monoisotopic (exact) mass is 381 g/mol. The Morgan fingerprint density at radius 3 is 2.54 bits per heavy atom. The third-order valence-electron chi connectivity index (χ3n) is 5.72. The predicted molar refractivity (Wildman–Crippen MR) is 107 cm³/mol. The van der Waals surface area contributed by atoms with Crippen LogP contribution in [0.25, 0.3) is 0 Å². The highest BCUT2D eigenvalue weighted by molar-refractivity contribution is 5.94. The molecule has 148 valence electrons. The molecule has 2 fully saturated rings. The number of likely N-dealkylation sites (tertiary alicyclic amines) is 1. The van der Waals surface area contributed by atoms with Crippen LogP contribution in [0.5, 0.6) is 0 Å². The van der Waals surface area contributed by atoms with E-state index < -0.39 is 0 Å². The third kappa shape index (κ3) is 3.88. The molecule has 0 unspecified atom stereocenters. The second-order valence-corrected chi connectivity index (χ2v) is 7.64. The van der Waals surface area contributed by atoms with Crippen LogP contribution in [0.4, 0.5) is 0 Å². The van der Waals surface area contributed by atoms with E-state index in [4.69, 9.17) is 4.74 Å². The van der Waals surface area contributed by atoms with Gasteiger partial charge in [-0.15, -0.1) is 0 Å². The van der Waals surface area contributed by atoms with E-state index in [0.717, 1.165) is 25.2 Å². The summed E-state index contributed by atoms with van der Waals surface area (Å²) < 4.78 is 7.63. The minimum absolute atomic E-state index is 0.0563. The largest absolute Gasteiger partial charge is 0.373 e. The summed E-state index contributed by atoms with van der Waals surface area (Å²) in [4.78, 5) is 29.4. The van der Waals surface area contributed by atoms with Gasteiger partial charge in [-0.25, -0.2) is 0 Å². The Morgan fingerprint density at radius 2 is 1.82 bits per heavy atom. The number of amides is 1. The lowest BCUT2D eigenvalue weighted by Gasteiger charge is -2.42. The number of morpholine rings is 1. The first-order valence-corrected chi connectivity index (χ1v) is 10.00. The van der Waals surface area contributed by atoms with Crippen molar-refractivity contribution in [2.45, 2.75) is 25.0 Å². The minimum atomic E-state index is -0.139. The van der Waals surface area contributed by atoms with Crippen molar-refractivity contribution in [2.75, 3.05) is 32.8 Å². The molecule has 4 rings (SSSR count). The molecular formula is C22H27N3O3. The molecular weight excluding hydrogens is 354 g/mol. The smallest absolute Gasteiger partial charge is 0.256 e. The number of hydrogen-bond donors (Lipinski definition) is 0. The highest BCUT2D eigenvalue weighted by atomic mass is 16.5. The highest BCUT2D eigenvalue weighted by Gasteiger charge is 2.38. The van der Waals surface area contributed by atoms with E-state index in [9.17, 15) is 9.59 Å². The summed E-state index contributed by atoms with van der Waals surface area (Å²) in [6.45, 7) is 4.08. The van der Waals surface area contributed by atoms with Gasteiger partial charge >= 0.3 is 0 Å². The molecule has 2 atom stereocenters. The van der Waals surface area contributed by atoms with E-state index in [1.807, 2.05) is 23.1 Å². The molecule has 6 heteroatoms. The van der Waals surface area contributed by atoms with E-state index in [2.05, 4.69) is 17.0 Å². The first-order chi connectivity index (χ1) is 13.6. The van der Waals surface area contributed by atoms with Crippen molar-refractivity contribution in [2.24, 2.45) is 7.05 Å². The van der Waals surface area contributed by atoms with Crippen LogP contribution in [-0.2, 0) is 11.8 Å². The molecule has 2 aliphatic heterocycles. The molecule has 0 N–H and O–H groups in total. The molecule has 0 saturated carbocycles. The second kappa shape index (κ2) is 8.29. The Balaban J connectivity index is 1.65. The van der Waals surface area contributed by atoms with Gasteiger partial charge in [0, 0.05) is 32.4 Å². The number of nitrogens with zero attached hydrogens (tertiary/aromatic N) is 3. The number of rotatable bonds is 4. The van der Waals surface area contributed by atoms with Crippen LogP contribution in [0, 0.1) is 0 Å². The number of carbonyl (C=O) groups is 1. The zero-order valence-corrected chi connectivity index (χ0v) is 16.3. The van der Waals surface area contributed by atoms with E-state index in [1.54, 1.807) is 19.3 Å². The van der Waals surface area contributed by atoms with Crippen LogP contribution < -0.4 is 5.56 Å². The van der Waals surface area contributed by atoms with Gasteiger partial charge in [-0.05, 0) is 37.6 Å². The van der Waals surface area contributed by atoms with Gasteiger partial charge in [0.05, 0.1) is 24.3 Å². The number of carbonyl (C=O) groups excluding carboxylic acids is 1. The molecule has 1 amide bonds. The Bertz CT molecular complexity index is 874. The maximum absolute atomic E-state index is 13.4. The van der Waals surface area contributed by atoms with E-state index in [-0.39, 0.29) is 23.6 Å². The lowest BCUT2D eigenvalue weighted by molar-refractivity contribution is -0.0707. The molecule has 1 aromatic heterocycles. The maximum atomic E-state index is 13.4. The molecule has 0 bridgehead atoms. The van der Waals surface area contributed by atoms with E-state index in [1.165, 1.54) is 23.5 Å². The van der Waals surface area contributed by atoms with Crippen LogP contribution >= 0.6 is 0 Å². The molecule has 2 aromatic rings. The van der Waals surface area contributed by atoms with Gasteiger partial charge in [0.15, 0.2) is 0 Å². The molecule has 0 aliphatic carbocycles. The molecule has 0 radical (unpaired) electrons. The standard InChI is InChI=1S/C22H27N3O3/c1-23-15-18(9-10-20(23)26)22(27)25-13-14-28-19(16-24-11-5-6-12-24)21(25)17-7-3-2-4-8-17/h2-4,7-10,15,19,21H,5-6,11-14,16H2,1H3/t19-,21-/m0/s1. The fourth-order valence-corrected chi connectivity index (χ4v) is 4.26. The van der Waals surface area contributed by atoms with Gasteiger partial charge in [-0.2, -0.15) is 0 Å². The summed E-state index contributed by atoms with van der Waals surface area (Å²) in [6, 6.07) is 13.1. The molecule has 28 heavy (non-hydrogen) atoms. The lowest BCUT2D eigenvalue weighted by Crippen LogP contribution is -2.51. The summed E-state index contributed by atoms with van der Waals surface area (Å²) in [5.74, 6) is -0.0563. The zero-order chi connectivity index (χ0) is 19.5. The number of ether oxygens (including phenoxy) is 1. The van der Waals surface area contributed by atoms with Crippen molar-refractivity contribution >= 4 is 5.91 Å². The summed E-state index contributed by atoms with van der Waals surface area (Å²) >= 11 is 0. The van der Waals surface area contributed by atoms with Gasteiger partial charge in [0.25, 0.3) is 5.91 Å². The summed E-state index contributed by atoms with van der Waals surface area (Å²) in [5, 5.41) is 0. The normalized spacial score (nSPS) is 23.1. The maximum Gasteiger partial charge on any atom is 0.256 e. The zero-order valence-electron chi connectivity index (χ0n) is 16.3. The SMILES string of the molecule is Cn1cc(C(=O)N2CCO[C@@H](CN3CCCC3)[C@@H]2c2ccccc2)ccc1=O. The van der Waals surface area contributed by atoms with Crippen molar-refractivity contribution in [3.63, 3.8) is 0 Å². The number of aromatic nitrogens is 1. The first kappa shape index (κ1) is 18.9. The Kier molecular flexibility index (Phi) is 5.59. The summed E-state index contributed by atoms with van der Waals surface area (Å²) in [6.07, 6.45) is 4.01. The van der Waals surface area contributed by atoms with Crippen LogP contribution in [0.3, 0.4) is 0 Å². The van der Waals surface area contributed by atoms with Crippen LogP contribution in [0.2, 0.25) is 0 Å². The van der Waals surface area contributed by atoms with Gasteiger partial charge in [-0.1, -0.05) is 30.3 Å². The van der Waals surface area contributed by atoms with Crippen molar-refractivity contribution in [3.05, 3.63) is 70.1 Å². The minimum Gasteiger partial charge on any atom is -0.373 e. The lowest BCUT2D eigenvalue weighted by atomic mass is 9.96. The van der Waals surface area contributed by atoms with Crippen molar-refractivity contribution in [1.82, 2.24) is 14.4 Å². The van der Waals surface area contributed by atoms with Gasteiger partial charge in [-0.3, -0.25) is 9.59 Å². The number of aryl methyl sites for hydroxylation is 1. The number of pyridine rings is 1. The third-order valence-corrected chi connectivity index (χ3v) is 5.72. The first-order valence-electron chi connectivity index (χ1n) is 10.00. The molecule has 2 saturated heterocycles.